The minimum Gasteiger partial charge on any atom is -0.355 e. The van der Waals surface area contributed by atoms with E-state index in [1.54, 1.807) is 0 Å². The monoisotopic (exact) mass is 262 g/mol. The maximum Gasteiger partial charge on any atom is 0.128 e. The van der Waals surface area contributed by atoms with Gasteiger partial charge in [-0.15, -0.1) is 0 Å². The number of likely N-dealkylation sites (N-methyl/N-ethyl adjacent to an activating group) is 1. The molecule has 0 saturated carbocycles. The molecule has 1 saturated heterocycles. The number of rotatable bonds is 4. The third-order valence-electron chi connectivity index (χ3n) is 4.26. The van der Waals surface area contributed by atoms with E-state index in [9.17, 15) is 0 Å². The Balaban J connectivity index is 2.15. The summed E-state index contributed by atoms with van der Waals surface area (Å²) in [6.45, 7) is 6.66. The number of pyridine rings is 1. The van der Waals surface area contributed by atoms with Crippen molar-refractivity contribution in [1.82, 2.24) is 15.2 Å². The van der Waals surface area contributed by atoms with E-state index in [4.69, 9.17) is 0 Å². The molecule has 2 rings (SSSR count). The highest BCUT2D eigenvalue weighted by Crippen LogP contribution is 2.26. The lowest BCUT2D eigenvalue weighted by atomic mass is 10.1. The molecule has 0 amide bonds. The summed E-state index contributed by atoms with van der Waals surface area (Å²) in [5.74, 6) is 1.79. The molecule has 4 nitrogen and oxygen atoms in total. The van der Waals surface area contributed by atoms with Crippen LogP contribution in [-0.4, -0.2) is 50.2 Å². The van der Waals surface area contributed by atoms with Gasteiger partial charge in [0.1, 0.15) is 5.82 Å². The smallest absolute Gasteiger partial charge is 0.128 e. The van der Waals surface area contributed by atoms with E-state index in [1.165, 1.54) is 5.56 Å². The average Bonchev–Trinajstić information content (AvgIpc) is 2.80. The predicted octanol–water partition coefficient (Wildman–Crippen LogP) is 1.75. The third kappa shape index (κ3) is 3.07. The van der Waals surface area contributed by atoms with Gasteiger partial charge in [-0.1, -0.05) is 6.92 Å². The zero-order chi connectivity index (χ0) is 14.0. The van der Waals surface area contributed by atoms with Gasteiger partial charge in [0.2, 0.25) is 0 Å². The Morgan fingerprint density at radius 2 is 2.16 bits per heavy atom. The number of anilines is 1. The van der Waals surface area contributed by atoms with Gasteiger partial charge in [0.05, 0.1) is 0 Å². The van der Waals surface area contributed by atoms with Gasteiger partial charge in [0, 0.05) is 31.4 Å². The molecule has 19 heavy (non-hydrogen) atoms. The highest BCUT2D eigenvalue weighted by atomic mass is 15.3. The molecule has 1 N–H and O–H groups in total. The first-order valence-corrected chi connectivity index (χ1v) is 7.07. The Morgan fingerprint density at radius 3 is 2.74 bits per heavy atom. The summed E-state index contributed by atoms with van der Waals surface area (Å²) in [6, 6.07) is 5.29. The highest BCUT2D eigenvalue weighted by molar-refractivity contribution is 5.43. The Morgan fingerprint density at radius 1 is 1.42 bits per heavy atom. The third-order valence-corrected chi connectivity index (χ3v) is 4.26. The molecule has 0 spiro atoms. The fraction of sp³-hybridized carbons (Fsp3) is 0.667. The van der Waals surface area contributed by atoms with Gasteiger partial charge in [0.25, 0.3) is 0 Å². The summed E-state index contributed by atoms with van der Waals surface area (Å²) in [5, 5.41) is 3.28. The van der Waals surface area contributed by atoms with Crippen LogP contribution in [0.3, 0.4) is 0 Å². The molecule has 0 radical (unpaired) electrons. The number of aromatic nitrogens is 1. The van der Waals surface area contributed by atoms with Crippen molar-refractivity contribution < 1.29 is 0 Å². The summed E-state index contributed by atoms with van der Waals surface area (Å²) < 4.78 is 0. The van der Waals surface area contributed by atoms with E-state index in [2.05, 4.69) is 60.2 Å². The average molecular weight is 262 g/mol. The number of nitrogens with one attached hydrogen (secondary N) is 1. The zero-order valence-corrected chi connectivity index (χ0v) is 12.7. The van der Waals surface area contributed by atoms with Crippen molar-refractivity contribution in [1.29, 1.82) is 0 Å². The van der Waals surface area contributed by atoms with E-state index in [0.717, 1.165) is 18.9 Å². The molecule has 1 aromatic rings. The van der Waals surface area contributed by atoms with Crippen LogP contribution in [0.1, 0.15) is 25.5 Å². The molecule has 1 fully saturated rings. The van der Waals surface area contributed by atoms with Crippen molar-refractivity contribution >= 4 is 5.82 Å². The quantitative estimate of drug-likeness (QED) is 0.896. The summed E-state index contributed by atoms with van der Waals surface area (Å²) in [5.41, 5.74) is 1.30. The minimum absolute atomic E-state index is 0.367. The molecule has 3 unspecified atom stereocenters. The van der Waals surface area contributed by atoms with Crippen LogP contribution in [0, 0.1) is 5.92 Å². The maximum absolute atomic E-state index is 4.55. The van der Waals surface area contributed by atoms with E-state index in [1.807, 2.05) is 13.2 Å². The van der Waals surface area contributed by atoms with Gasteiger partial charge < -0.3 is 15.1 Å². The lowest BCUT2D eigenvalue weighted by molar-refractivity contribution is 0.266. The van der Waals surface area contributed by atoms with Gasteiger partial charge in [-0.3, -0.25) is 0 Å². The van der Waals surface area contributed by atoms with Crippen LogP contribution in [0.5, 0.6) is 0 Å². The van der Waals surface area contributed by atoms with E-state index >= 15 is 0 Å². The van der Waals surface area contributed by atoms with Crippen molar-refractivity contribution in [3.05, 3.63) is 23.9 Å². The second-order valence-corrected chi connectivity index (χ2v) is 5.87. The molecule has 0 bridgehead atoms. The number of hydrogen-bond acceptors (Lipinski definition) is 4. The summed E-state index contributed by atoms with van der Waals surface area (Å²) in [4.78, 5) is 9.27. The SMILES string of the molecule is CNC(C)c1ccnc(N2CC(C)C(N(C)C)C2)c1. The molecule has 1 aliphatic heterocycles. The number of hydrogen-bond donors (Lipinski definition) is 1. The largest absolute Gasteiger partial charge is 0.355 e. The van der Waals surface area contributed by atoms with Crippen LogP contribution in [0.25, 0.3) is 0 Å². The van der Waals surface area contributed by atoms with E-state index in [0.29, 0.717) is 18.0 Å². The molecule has 1 aliphatic rings. The Labute approximate surface area is 116 Å². The summed E-state index contributed by atoms with van der Waals surface area (Å²) in [7, 11) is 6.32. The van der Waals surface area contributed by atoms with Crippen LogP contribution < -0.4 is 10.2 Å². The van der Waals surface area contributed by atoms with Crippen molar-refractivity contribution in [2.24, 2.45) is 5.92 Å². The first-order chi connectivity index (χ1) is 9.02. The molecule has 3 atom stereocenters. The van der Waals surface area contributed by atoms with Crippen LogP contribution in [0.15, 0.2) is 18.3 Å². The molecular formula is C15H26N4. The van der Waals surface area contributed by atoms with Crippen LogP contribution in [0.2, 0.25) is 0 Å². The number of nitrogens with zero attached hydrogens (tertiary/aromatic N) is 3. The van der Waals surface area contributed by atoms with Crippen LogP contribution in [0.4, 0.5) is 5.82 Å². The molecular weight excluding hydrogens is 236 g/mol. The van der Waals surface area contributed by atoms with E-state index < -0.39 is 0 Å². The molecule has 4 heteroatoms. The van der Waals surface area contributed by atoms with Gasteiger partial charge in [0.15, 0.2) is 0 Å². The highest BCUT2D eigenvalue weighted by Gasteiger charge is 2.31. The standard InChI is InChI=1S/C15H26N4/c1-11-9-19(10-14(11)18(4)5)15-8-13(6-7-17-15)12(2)16-3/h6-8,11-12,14,16H,9-10H2,1-5H3. The predicted molar refractivity (Wildman–Crippen MR) is 80.6 cm³/mol. The molecule has 0 aromatic carbocycles. The van der Waals surface area contributed by atoms with Crippen molar-refractivity contribution in [2.45, 2.75) is 25.9 Å². The first kappa shape index (κ1) is 14.3. The van der Waals surface area contributed by atoms with Gasteiger partial charge in [-0.05, 0) is 51.7 Å². The van der Waals surface area contributed by atoms with Gasteiger partial charge >= 0.3 is 0 Å². The fourth-order valence-corrected chi connectivity index (χ4v) is 2.85. The summed E-state index contributed by atoms with van der Waals surface area (Å²) >= 11 is 0. The Bertz CT molecular complexity index is 418. The molecule has 0 aliphatic carbocycles. The Kier molecular flexibility index (Phi) is 4.42. The van der Waals surface area contributed by atoms with Gasteiger partial charge in [-0.2, -0.15) is 0 Å². The Hall–Kier alpha value is -1.13. The second kappa shape index (κ2) is 5.88. The first-order valence-electron chi connectivity index (χ1n) is 7.07. The van der Waals surface area contributed by atoms with Crippen molar-refractivity contribution in [3.63, 3.8) is 0 Å². The van der Waals surface area contributed by atoms with Crippen LogP contribution in [-0.2, 0) is 0 Å². The van der Waals surface area contributed by atoms with Crippen molar-refractivity contribution in [3.8, 4) is 0 Å². The van der Waals surface area contributed by atoms with Crippen LogP contribution >= 0.6 is 0 Å². The fourth-order valence-electron chi connectivity index (χ4n) is 2.85. The van der Waals surface area contributed by atoms with Crippen molar-refractivity contribution in [2.75, 3.05) is 39.1 Å². The second-order valence-electron chi connectivity index (χ2n) is 5.87. The topological polar surface area (TPSA) is 31.4 Å². The summed E-state index contributed by atoms with van der Waals surface area (Å²) in [6.07, 6.45) is 1.92. The molecule has 2 heterocycles. The normalized spacial score (nSPS) is 25.1. The molecule has 106 valence electrons. The lowest BCUT2D eigenvalue weighted by Gasteiger charge is -2.23. The lowest BCUT2D eigenvalue weighted by Crippen LogP contribution is -2.34. The molecule has 1 aromatic heterocycles. The van der Waals surface area contributed by atoms with Gasteiger partial charge in [-0.25, -0.2) is 4.98 Å². The zero-order valence-electron chi connectivity index (χ0n) is 12.7. The maximum atomic E-state index is 4.55. The minimum atomic E-state index is 0.367. The van der Waals surface area contributed by atoms with E-state index in [-0.39, 0.29) is 0 Å².